The van der Waals surface area contributed by atoms with Crippen LogP contribution in [-0.2, 0) is 14.6 Å². The summed E-state index contributed by atoms with van der Waals surface area (Å²) in [6, 6.07) is 10.2. The van der Waals surface area contributed by atoms with Crippen molar-refractivity contribution in [2.24, 2.45) is 4.99 Å². The number of hydrogen-bond donors (Lipinski definition) is 1. The Kier molecular flexibility index (Phi) is 6.90. The molecule has 3 rings (SSSR count). The zero-order valence-electron chi connectivity index (χ0n) is 18.2. The Morgan fingerprint density at radius 3 is 2.33 bits per heavy atom. The van der Waals surface area contributed by atoms with Crippen molar-refractivity contribution < 1.29 is 13.2 Å². The van der Waals surface area contributed by atoms with Gasteiger partial charge < -0.3 is 20.0 Å². The molecule has 9 heteroatoms. The molecule has 2 fully saturated rings. The maximum Gasteiger partial charge on any atom is 0.244 e. The highest BCUT2D eigenvalue weighted by Gasteiger charge is 2.41. The Bertz CT molecular complexity index is 862. The van der Waals surface area contributed by atoms with Crippen LogP contribution in [0.3, 0.4) is 0 Å². The minimum Gasteiger partial charge on any atom is -0.368 e. The normalized spacial score (nSPS) is 21.4. The van der Waals surface area contributed by atoms with E-state index < -0.39 is 14.6 Å². The molecule has 2 heterocycles. The molecule has 0 unspecified atom stereocenters. The number of nitrogens with one attached hydrogen (secondary N) is 1. The van der Waals surface area contributed by atoms with E-state index in [2.05, 4.69) is 27.3 Å². The monoisotopic (exact) mass is 435 g/mol. The van der Waals surface area contributed by atoms with Gasteiger partial charge in [-0.2, -0.15) is 0 Å². The number of rotatable bonds is 4. The number of para-hydroxylation sites is 1. The summed E-state index contributed by atoms with van der Waals surface area (Å²) in [5.41, 5.74) is 1.18. The molecule has 1 aromatic carbocycles. The second-order valence-corrected chi connectivity index (χ2v) is 11.1. The second kappa shape index (κ2) is 9.24. The van der Waals surface area contributed by atoms with E-state index in [-0.39, 0.29) is 18.2 Å². The molecule has 0 aliphatic carbocycles. The van der Waals surface area contributed by atoms with E-state index in [1.807, 2.05) is 34.9 Å². The zero-order valence-corrected chi connectivity index (χ0v) is 19.0. The first-order chi connectivity index (χ1) is 14.2. The van der Waals surface area contributed by atoms with Crippen LogP contribution in [0.5, 0.6) is 0 Å². The zero-order chi connectivity index (χ0) is 21.8. The maximum atomic E-state index is 12.7. The molecule has 1 amide bonds. The standard InChI is InChI=1S/C21H33N5O3S/c1-4-22-20(26-14-15-30(28,29)21(2,3)17-26)23-16-19(27)25-12-10-24(11-13-25)18-8-6-5-7-9-18/h5-9H,4,10-17H2,1-3H3,(H,22,23). The van der Waals surface area contributed by atoms with E-state index in [1.54, 1.807) is 13.8 Å². The average molecular weight is 436 g/mol. The van der Waals surface area contributed by atoms with Crippen LogP contribution < -0.4 is 10.2 Å². The molecule has 0 aromatic heterocycles. The van der Waals surface area contributed by atoms with Gasteiger partial charge in [0.25, 0.3) is 0 Å². The Morgan fingerprint density at radius 1 is 1.07 bits per heavy atom. The van der Waals surface area contributed by atoms with E-state index in [0.717, 1.165) is 13.1 Å². The molecular formula is C21H33N5O3S. The van der Waals surface area contributed by atoms with Crippen LogP contribution in [0.2, 0.25) is 0 Å². The third kappa shape index (κ3) is 5.06. The number of carbonyl (C=O) groups is 1. The molecule has 0 bridgehead atoms. The maximum absolute atomic E-state index is 12.7. The molecule has 30 heavy (non-hydrogen) atoms. The number of hydrogen-bond acceptors (Lipinski definition) is 5. The largest absolute Gasteiger partial charge is 0.368 e. The molecule has 8 nitrogen and oxygen atoms in total. The van der Waals surface area contributed by atoms with Gasteiger partial charge in [0.2, 0.25) is 5.91 Å². The van der Waals surface area contributed by atoms with E-state index in [4.69, 9.17) is 0 Å². The number of benzene rings is 1. The third-order valence-electron chi connectivity index (χ3n) is 5.80. The quantitative estimate of drug-likeness (QED) is 0.557. The Hall–Kier alpha value is -2.29. The van der Waals surface area contributed by atoms with Crippen LogP contribution in [0.15, 0.2) is 35.3 Å². The van der Waals surface area contributed by atoms with Crippen molar-refractivity contribution in [1.29, 1.82) is 0 Å². The fourth-order valence-electron chi connectivity index (χ4n) is 3.85. The summed E-state index contributed by atoms with van der Waals surface area (Å²) in [5.74, 6) is 0.707. The van der Waals surface area contributed by atoms with Gasteiger partial charge in [0.05, 0.1) is 10.5 Å². The smallest absolute Gasteiger partial charge is 0.244 e. The number of anilines is 1. The molecule has 166 valence electrons. The van der Waals surface area contributed by atoms with Crippen LogP contribution in [0, 0.1) is 0 Å². The van der Waals surface area contributed by atoms with Crippen molar-refractivity contribution >= 4 is 27.4 Å². The highest BCUT2D eigenvalue weighted by Crippen LogP contribution is 2.23. The summed E-state index contributed by atoms with van der Waals surface area (Å²) in [6.45, 7) is 9.90. The molecule has 2 aliphatic heterocycles. The van der Waals surface area contributed by atoms with Crippen LogP contribution in [0.1, 0.15) is 20.8 Å². The van der Waals surface area contributed by atoms with Gasteiger partial charge in [-0.15, -0.1) is 0 Å². The number of sulfone groups is 1. The van der Waals surface area contributed by atoms with Gasteiger partial charge in [-0.1, -0.05) is 18.2 Å². The lowest BCUT2D eigenvalue weighted by Crippen LogP contribution is -2.57. The van der Waals surface area contributed by atoms with Crippen molar-refractivity contribution in [3.63, 3.8) is 0 Å². The van der Waals surface area contributed by atoms with E-state index in [1.165, 1.54) is 5.69 Å². The Balaban J connectivity index is 1.58. The van der Waals surface area contributed by atoms with Crippen molar-refractivity contribution in [3.05, 3.63) is 30.3 Å². The van der Waals surface area contributed by atoms with Crippen molar-refractivity contribution in [2.75, 3.05) is 63.0 Å². The molecule has 0 radical (unpaired) electrons. The van der Waals surface area contributed by atoms with Crippen molar-refractivity contribution in [3.8, 4) is 0 Å². The van der Waals surface area contributed by atoms with Crippen molar-refractivity contribution in [2.45, 2.75) is 25.5 Å². The molecule has 2 aliphatic rings. The van der Waals surface area contributed by atoms with Gasteiger partial charge in [-0.3, -0.25) is 4.79 Å². The number of nitrogens with zero attached hydrogens (tertiary/aromatic N) is 4. The van der Waals surface area contributed by atoms with E-state index in [0.29, 0.717) is 38.7 Å². The molecule has 0 saturated carbocycles. The predicted octanol–water partition coefficient (Wildman–Crippen LogP) is 0.810. The SMILES string of the molecule is CCNC(=NCC(=O)N1CCN(c2ccccc2)CC1)N1CCS(=O)(=O)C(C)(C)C1. The first-order valence-corrected chi connectivity index (χ1v) is 12.2. The molecule has 1 aromatic rings. The average Bonchev–Trinajstić information content (AvgIpc) is 2.74. The van der Waals surface area contributed by atoms with Gasteiger partial charge in [0.1, 0.15) is 6.54 Å². The van der Waals surface area contributed by atoms with Crippen LogP contribution in [-0.4, -0.2) is 92.9 Å². The lowest BCUT2D eigenvalue weighted by Gasteiger charge is -2.39. The molecule has 0 spiro atoms. The Morgan fingerprint density at radius 2 is 1.73 bits per heavy atom. The summed E-state index contributed by atoms with van der Waals surface area (Å²) >= 11 is 0. The predicted molar refractivity (Wildman–Crippen MR) is 121 cm³/mol. The lowest BCUT2D eigenvalue weighted by molar-refractivity contribution is -0.129. The summed E-state index contributed by atoms with van der Waals surface area (Å²) in [6.07, 6.45) is 0. The fraction of sp³-hybridized carbons (Fsp3) is 0.619. The first kappa shape index (κ1) is 22.4. The molecule has 2 saturated heterocycles. The number of guanidine groups is 1. The summed E-state index contributed by atoms with van der Waals surface area (Å²) < 4.78 is 23.7. The van der Waals surface area contributed by atoms with Gasteiger partial charge in [0, 0.05) is 51.5 Å². The topological polar surface area (TPSA) is 85.3 Å². The fourth-order valence-corrected chi connectivity index (χ4v) is 5.21. The van der Waals surface area contributed by atoms with Gasteiger partial charge >= 0.3 is 0 Å². The highest BCUT2D eigenvalue weighted by atomic mass is 32.2. The van der Waals surface area contributed by atoms with E-state index in [9.17, 15) is 13.2 Å². The summed E-state index contributed by atoms with van der Waals surface area (Å²) in [7, 11) is -3.12. The number of piperazine rings is 1. The highest BCUT2D eigenvalue weighted by molar-refractivity contribution is 7.92. The van der Waals surface area contributed by atoms with Crippen LogP contribution in [0.25, 0.3) is 0 Å². The molecular weight excluding hydrogens is 402 g/mol. The second-order valence-electron chi connectivity index (χ2n) is 8.37. The third-order valence-corrected chi connectivity index (χ3v) is 8.33. The van der Waals surface area contributed by atoms with E-state index >= 15 is 0 Å². The van der Waals surface area contributed by atoms with Gasteiger partial charge in [-0.25, -0.2) is 13.4 Å². The van der Waals surface area contributed by atoms with Crippen LogP contribution >= 0.6 is 0 Å². The molecule has 0 atom stereocenters. The Labute approximate surface area is 179 Å². The minimum absolute atomic E-state index is 0.00186. The minimum atomic E-state index is -3.12. The number of amides is 1. The lowest BCUT2D eigenvalue weighted by atomic mass is 10.2. The summed E-state index contributed by atoms with van der Waals surface area (Å²) in [5, 5.41) is 3.21. The first-order valence-electron chi connectivity index (χ1n) is 10.6. The van der Waals surface area contributed by atoms with Crippen molar-refractivity contribution in [1.82, 2.24) is 15.1 Å². The summed E-state index contributed by atoms with van der Waals surface area (Å²) in [4.78, 5) is 23.3. The number of carbonyl (C=O) groups excluding carboxylic acids is 1. The van der Waals surface area contributed by atoms with Gasteiger partial charge in [-0.05, 0) is 32.9 Å². The molecule has 1 N–H and O–H groups in total. The van der Waals surface area contributed by atoms with Crippen LogP contribution in [0.4, 0.5) is 5.69 Å². The van der Waals surface area contributed by atoms with Gasteiger partial charge in [0.15, 0.2) is 15.8 Å². The number of aliphatic imine (C=N–C) groups is 1.